The van der Waals surface area contributed by atoms with Gasteiger partial charge >= 0.3 is 0 Å². The molecule has 1 aromatic carbocycles. The van der Waals surface area contributed by atoms with Gasteiger partial charge in [0.2, 0.25) is 0 Å². The van der Waals surface area contributed by atoms with Gasteiger partial charge in [0.25, 0.3) is 0 Å². The first-order valence-corrected chi connectivity index (χ1v) is 7.17. The van der Waals surface area contributed by atoms with Crippen LogP contribution in [0.15, 0.2) is 18.2 Å². The maximum Gasteiger partial charge on any atom is 0.127 e. The molecule has 3 heteroatoms. The van der Waals surface area contributed by atoms with Gasteiger partial charge in [-0.05, 0) is 37.8 Å². The van der Waals surface area contributed by atoms with Crippen LogP contribution in [0.1, 0.15) is 36.9 Å². The quantitative estimate of drug-likeness (QED) is 0.856. The molecule has 1 aliphatic rings. The van der Waals surface area contributed by atoms with E-state index in [0.717, 1.165) is 38.2 Å². The highest BCUT2D eigenvalue weighted by molar-refractivity contribution is 5.44. The van der Waals surface area contributed by atoms with Crippen LogP contribution in [0.25, 0.3) is 0 Å². The standard InChI is InChI=1S/C16H25NO2/c1-12(11-18-3)10-15(17-2)14-8-4-6-13-7-5-9-19-16(13)14/h4,6,8,12,15,17H,5,7,9-11H2,1-3H3. The molecule has 0 saturated carbocycles. The summed E-state index contributed by atoms with van der Waals surface area (Å²) in [4.78, 5) is 0. The number of benzene rings is 1. The molecule has 0 aromatic heterocycles. The lowest BCUT2D eigenvalue weighted by atomic mass is 9.92. The van der Waals surface area contributed by atoms with Crippen LogP contribution in [-0.4, -0.2) is 27.4 Å². The Morgan fingerprint density at radius 3 is 3.00 bits per heavy atom. The fourth-order valence-electron chi connectivity index (χ4n) is 2.84. The van der Waals surface area contributed by atoms with Gasteiger partial charge in [0.05, 0.1) is 6.61 Å². The zero-order chi connectivity index (χ0) is 13.7. The summed E-state index contributed by atoms with van der Waals surface area (Å²) in [6.07, 6.45) is 3.32. The Bertz CT molecular complexity index is 406. The van der Waals surface area contributed by atoms with E-state index >= 15 is 0 Å². The predicted octanol–water partition coefficient (Wildman–Crippen LogP) is 2.94. The molecule has 106 valence electrons. The van der Waals surface area contributed by atoms with Crippen LogP contribution in [0, 0.1) is 5.92 Å². The summed E-state index contributed by atoms with van der Waals surface area (Å²) in [5.41, 5.74) is 2.64. The van der Waals surface area contributed by atoms with Crippen molar-refractivity contribution in [3.63, 3.8) is 0 Å². The van der Waals surface area contributed by atoms with Crippen molar-refractivity contribution < 1.29 is 9.47 Å². The first kappa shape index (κ1) is 14.4. The smallest absolute Gasteiger partial charge is 0.127 e. The van der Waals surface area contributed by atoms with Crippen molar-refractivity contribution in [2.24, 2.45) is 5.92 Å². The number of nitrogens with one attached hydrogen (secondary N) is 1. The van der Waals surface area contributed by atoms with E-state index in [9.17, 15) is 0 Å². The van der Waals surface area contributed by atoms with E-state index in [1.54, 1.807) is 7.11 Å². The zero-order valence-electron chi connectivity index (χ0n) is 12.2. The molecule has 0 aliphatic carbocycles. The highest BCUT2D eigenvalue weighted by Gasteiger charge is 2.21. The number of methoxy groups -OCH3 is 1. The summed E-state index contributed by atoms with van der Waals surface area (Å²) >= 11 is 0. The summed E-state index contributed by atoms with van der Waals surface area (Å²) in [5, 5.41) is 3.42. The van der Waals surface area contributed by atoms with Crippen molar-refractivity contribution in [1.29, 1.82) is 0 Å². The SMILES string of the molecule is CNC(CC(C)COC)c1cccc2c1OCCC2. The molecule has 0 spiro atoms. The fraction of sp³-hybridized carbons (Fsp3) is 0.625. The second kappa shape index (κ2) is 6.92. The minimum absolute atomic E-state index is 0.332. The Balaban J connectivity index is 2.18. The Hall–Kier alpha value is -1.06. The summed E-state index contributed by atoms with van der Waals surface area (Å²) < 4.78 is 11.1. The molecule has 0 fully saturated rings. The molecule has 2 unspecified atom stereocenters. The minimum Gasteiger partial charge on any atom is -0.493 e. The van der Waals surface area contributed by atoms with Gasteiger partial charge in [-0.3, -0.25) is 0 Å². The van der Waals surface area contributed by atoms with Gasteiger partial charge in [0.1, 0.15) is 5.75 Å². The van der Waals surface area contributed by atoms with Crippen LogP contribution in [0.3, 0.4) is 0 Å². The molecule has 2 rings (SSSR count). The Morgan fingerprint density at radius 2 is 2.26 bits per heavy atom. The van der Waals surface area contributed by atoms with Crippen molar-refractivity contribution in [1.82, 2.24) is 5.32 Å². The number of aryl methyl sites for hydroxylation is 1. The Morgan fingerprint density at radius 1 is 1.42 bits per heavy atom. The molecular weight excluding hydrogens is 238 g/mol. The number of hydrogen-bond acceptors (Lipinski definition) is 3. The number of para-hydroxylation sites is 1. The van der Waals surface area contributed by atoms with E-state index in [2.05, 4.69) is 30.4 Å². The van der Waals surface area contributed by atoms with Crippen LogP contribution in [0.5, 0.6) is 5.75 Å². The first-order valence-electron chi connectivity index (χ1n) is 7.17. The second-order valence-electron chi connectivity index (χ2n) is 5.42. The normalized spacial score (nSPS) is 17.4. The van der Waals surface area contributed by atoms with E-state index in [1.165, 1.54) is 11.1 Å². The monoisotopic (exact) mass is 263 g/mol. The number of hydrogen-bond donors (Lipinski definition) is 1. The van der Waals surface area contributed by atoms with Crippen LogP contribution < -0.4 is 10.1 Å². The highest BCUT2D eigenvalue weighted by Crippen LogP contribution is 2.35. The third-order valence-corrected chi connectivity index (χ3v) is 3.78. The van der Waals surface area contributed by atoms with E-state index in [4.69, 9.17) is 9.47 Å². The Kier molecular flexibility index (Phi) is 5.23. The van der Waals surface area contributed by atoms with Crippen molar-refractivity contribution in [3.05, 3.63) is 29.3 Å². The topological polar surface area (TPSA) is 30.5 Å². The van der Waals surface area contributed by atoms with E-state index < -0.39 is 0 Å². The minimum atomic E-state index is 0.332. The van der Waals surface area contributed by atoms with Gasteiger partial charge in [0, 0.05) is 25.3 Å². The third-order valence-electron chi connectivity index (χ3n) is 3.78. The molecule has 1 aromatic rings. The van der Waals surface area contributed by atoms with Gasteiger partial charge in [0.15, 0.2) is 0 Å². The number of rotatable bonds is 6. The van der Waals surface area contributed by atoms with Crippen LogP contribution >= 0.6 is 0 Å². The van der Waals surface area contributed by atoms with Crippen LogP contribution in [0.4, 0.5) is 0 Å². The van der Waals surface area contributed by atoms with E-state index in [1.807, 2.05) is 7.05 Å². The number of fused-ring (bicyclic) bond motifs is 1. The molecule has 0 amide bonds. The van der Waals surface area contributed by atoms with Gasteiger partial charge in [-0.15, -0.1) is 0 Å². The van der Waals surface area contributed by atoms with Crippen molar-refractivity contribution in [3.8, 4) is 5.75 Å². The highest BCUT2D eigenvalue weighted by atomic mass is 16.5. The fourth-order valence-corrected chi connectivity index (χ4v) is 2.84. The summed E-state index contributed by atoms with van der Waals surface area (Å²) in [7, 11) is 3.78. The molecular formula is C16H25NO2. The van der Waals surface area contributed by atoms with Gasteiger partial charge in [-0.2, -0.15) is 0 Å². The van der Waals surface area contributed by atoms with Crippen LogP contribution in [-0.2, 0) is 11.2 Å². The van der Waals surface area contributed by atoms with Gasteiger partial charge in [-0.25, -0.2) is 0 Å². The number of ether oxygens (including phenoxy) is 2. The average Bonchev–Trinajstić information content (AvgIpc) is 2.44. The molecule has 19 heavy (non-hydrogen) atoms. The zero-order valence-corrected chi connectivity index (χ0v) is 12.2. The molecule has 1 N–H and O–H groups in total. The van der Waals surface area contributed by atoms with Crippen molar-refractivity contribution >= 4 is 0 Å². The maximum absolute atomic E-state index is 5.91. The summed E-state index contributed by atoms with van der Waals surface area (Å²) in [5.74, 6) is 1.64. The van der Waals surface area contributed by atoms with Gasteiger partial charge in [-0.1, -0.05) is 25.1 Å². The molecule has 0 bridgehead atoms. The molecule has 2 atom stereocenters. The van der Waals surface area contributed by atoms with E-state index in [0.29, 0.717) is 12.0 Å². The first-order chi connectivity index (χ1) is 9.26. The predicted molar refractivity (Wildman–Crippen MR) is 77.7 cm³/mol. The Labute approximate surface area is 116 Å². The maximum atomic E-state index is 5.91. The molecule has 0 saturated heterocycles. The molecule has 0 radical (unpaired) electrons. The average molecular weight is 263 g/mol. The van der Waals surface area contributed by atoms with Crippen molar-refractivity contribution in [2.45, 2.75) is 32.2 Å². The van der Waals surface area contributed by atoms with E-state index in [-0.39, 0.29) is 0 Å². The van der Waals surface area contributed by atoms with Crippen molar-refractivity contribution in [2.75, 3.05) is 27.4 Å². The lowest BCUT2D eigenvalue weighted by Crippen LogP contribution is -2.23. The molecule has 1 heterocycles. The summed E-state index contributed by atoms with van der Waals surface area (Å²) in [6, 6.07) is 6.85. The van der Waals surface area contributed by atoms with Crippen LogP contribution in [0.2, 0.25) is 0 Å². The second-order valence-corrected chi connectivity index (χ2v) is 5.42. The largest absolute Gasteiger partial charge is 0.493 e. The third kappa shape index (κ3) is 3.48. The lowest BCUT2D eigenvalue weighted by molar-refractivity contribution is 0.149. The van der Waals surface area contributed by atoms with Gasteiger partial charge < -0.3 is 14.8 Å². The molecule has 1 aliphatic heterocycles. The lowest BCUT2D eigenvalue weighted by Gasteiger charge is -2.26. The molecule has 3 nitrogen and oxygen atoms in total. The summed E-state index contributed by atoms with van der Waals surface area (Å²) in [6.45, 7) is 3.87.